The van der Waals surface area contributed by atoms with Gasteiger partial charge in [-0.1, -0.05) is 12.1 Å². The molecular formula is C26H27F3N4O2. The molecule has 0 unspecified atom stereocenters. The number of alkyl halides is 3. The third kappa shape index (κ3) is 7.38. The van der Waals surface area contributed by atoms with E-state index in [1.165, 1.54) is 18.2 Å². The minimum atomic E-state index is -4.55. The van der Waals surface area contributed by atoms with Crippen molar-refractivity contribution in [3.8, 4) is 0 Å². The van der Waals surface area contributed by atoms with Gasteiger partial charge in [0.1, 0.15) is 0 Å². The Morgan fingerprint density at radius 3 is 2.40 bits per heavy atom. The first-order valence-electron chi connectivity index (χ1n) is 11.0. The molecule has 0 fully saturated rings. The molecule has 2 N–H and O–H groups in total. The van der Waals surface area contributed by atoms with Crippen LogP contribution < -0.4 is 10.6 Å². The van der Waals surface area contributed by atoms with Crippen molar-refractivity contribution >= 4 is 23.2 Å². The van der Waals surface area contributed by atoms with Crippen LogP contribution in [0.15, 0.2) is 60.9 Å². The van der Waals surface area contributed by atoms with Crippen molar-refractivity contribution < 1.29 is 22.8 Å². The summed E-state index contributed by atoms with van der Waals surface area (Å²) < 4.78 is 38.9. The van der Waals surface area contributed by atoms with Crippen LogP contribution in [0.2, 0.25) is 0 Å². The first-order valence-corrected chi connectivity index (χ1v) is 11.0. The maximum Gasteiger partial charge on any atom is 0.416 e. The van der Waals surface area contributed by atoms with E-state index < -0.39 is 17.6 Å². The highest BCUT2D eigenvalue weighted by atomic mass is 19.4. The fourth-order valence-electron chi connectivity index (χ4n) is 3.47. The fraction of sp³-hybridized carbons (Fsp3) is 0.269. The third-order valence-electron chi connectivity index (χ3n) is 5.32. The maximum atomic E-state index is 13.0. The van der Waals surface area contributed by atoms with Gasteiger partial charge in [0, 0.05) is 23.0 Å². The van der Waals surface area contributed by atoms with Gasteiger partial charge in [-0.05, 0) is 87.9 Å². The lowest BCUT2D eigenvalue weighted by Crippen LogP contribution is -2.17. The lowest BCUT2D eigenvalue weighted by Gasteiger charge is -2.13. The Kier molecular flexibility index (Phi) is 8.24. The predicted molar refractivity (Wildman–Crippen MR) is 130 cm³/mol. The Morgan fingerprint density at radius 2 is 1.69 bits per heavy atom. The molecule has 3 aromatic rings. The molecule has 2 aromatic carbocycles. The summed E-state index contributed by atoms with van der Waals surface area (Å²) in [6.45, 7) is 2.69. The fourth-order valence-corrected chi connectivity index (χ4v) is 3.47. The largest absolute Gasteiger partial charge is 0.416 e. The number of amides is 2. The van der Waals surface area contributed by atoms with Crippen LogP contribution in [0.4, 0.5) is 24.5 Å². The minimum absolute atomic E-state index is 0.136. The summed E-state index contributed by atoms with van der Waals surface area (Å²) >= 11 is 0. The van der Waals surface area contributed by atoms with Crippen molar-refractivity contribution in [2.24, 2.45) is 0 Å². The third-order valence-corrected chi connectivity index (χ3v) is 5.32. The van der Waals surface area contributed by atoms with Crippen molar-refractivity contribution in [2.75, 3.05) is 31.3 Å². The first-order chi connectivity index (χ1) is 16.5. The smallest absolute Gasteiger partial charge is 0.322 e. The molecule has 184 valence electrons. The number of carbonyl (C=O) groups is 2. The number of hydrogen-bond donors (Lipinski definition) is 2. The van der Waals surface area contributed by atoms with E-state index in [1.807, 2.05) is 20.2 Å². The summed E-state index contributed by atoms with van der Waals surface area (Å²) in [5.41, 5.74) is 1.80. The van der Waals surface area contributed by atoms with Gasteiger partial charge < -0.3 is 15.5 Å². The van der Waals surface area contributed by atoms with Crippen LogP contribution in [0, 0.1) is 6.92 Å². The molecule has 0 atom stereocenters. The van der Waals surface area contributed by atoms with Crippen LogP contribution in [0.3, 0.4) is 0 Å². The molecular weight excluding hydrogens is 457 g/mol. The lowest BCUT2D eigenvalue weighted by atomic mass is 10.1. The maximum absolute atomic E-state index is 13.0. The van der Waals surface area contributed by atoms with Crippen LogP contribution in [0.25, 0.3) is 0 Å². The molecule has 35 heavy (non-hydrogen) atoms. The van der Waals surface area contributed by atoms with Gasteiger partial charge >= 0.3 is 6.18 Å². The molecule has 1 aromatic heterocycles. The molecule has 3 rings (SSSR count). The number of pyridine rings is 1. The number of halogens is 3. The summed E-state index contributed by atoms with van der Waals surface area (Å²) in [5.74, 6) is -1.09. The summed E-state index contributed by atoms with van der Waals surface area (Å²) in [7, 11) is 4.01. The van der Waals surface area contributed by atoms with Crippen molar-refractivity contribution in [3.63, 3.8) is 0 Å². The van der Waals surface area contributed by atoms with Gasteiger partial charge in [0.05, 0.1) is 17.4 Å². The van der Waals surface area contributed by atoms with Crippen molar-refractivity contribution in [1.82, 2.24) is 9.88 Å². The van der Waals surface area contributed by atoms with Crippen LogP contribution >= 0.6 is 0 Å². The zero-order valence-corrected chi connectivity index (χ0v) is 19.7. The van der Waals surface area contributed by atoms with E-state index in [1.54, 1.807) is 31.5 Å². The van der Waals surface area contributed by atoms with Crippen molar-refractivity contribution in [3.05, 3.63) is 88.7 Å². The number of nitrogens with zero attached hydrogens (tertiary/aromatic N) is 2. The van der Waals surface area contributed by atoms with Gasteiger partial charge in [-0.25, -0.2) is 0 Å². The summed E-state index contributed by atoms with van der Waals surface area (Å²) in [4.78, 5) is 31.8. The van der Waals surface area contributed by atoms with E-state index >= 15 is 0 Å². The Hall–Kier alpha value is -3.72. The number of rotatable bonds is 8. The SMILES string of the molecule is Cc1ccc(NC(=O)c2cccc(C(F)(F)F)c2)cc1C(=O)Nc1cncc(CCCN(C)C)c1. The van der Waals surface area contributed by atoms with Gasteiger partial charge in [0.15, 0.2) is 0 Å². The van der Waals surface area contributed by atoms with Crippen molar-refractivity contribution in [1.29, 1.82) is 0 Å². The minimum Gasteiger partial charge on any atom is -0.322 e. The Labute approximate surface area is 202 Å². The predicted octanol–water partition coefficient (Wildman–Crippen LogP) is 5.41. The van der Waals surface area contributed by atoms with E-state index in [0.717, 1.165) is 37.1 Å². The number of aryl methyl sites for hydroxylation is 2. The molecule has 0 bridgehead atoms. The van der Waals surface area contributed by atoms with E-state index in [-0.39, 0.29) is 11.5 Å². The average molecular weight is 485 g/mol. The Bertz CT molecular complexity index is 1210. The van der Waals surface area contributed by atoms with Gasteiger partial charge in [-0.2, -0.15) is 13.2 Å². The quantitative estimate of drug-likeness (QED) is 0.449. The second kappa shape index (κ2) is 11.1. The molecule has 0 aliphatic carbocycles. The first kappa shape index (κ1) is 25.9. The van der Waals surface area contributed by atoms with E-state index in [2.05, 4.69) is 20.5 Å². The van der Waals surface area contributed by atoms with Crippen LogP contribution in [0.5, 0.6) is 0 Å². The van der Waals surface area contributed by atoms with E-state index in [4.69, 9.17) is 0 Å². The average Bonchev–Trinajstić information content (AvgIpc) is 2.80. The summed E-state index contributed by atoms with van der Waals surface area (Å²) in [6.07, 6.45) is 0.552. The monoisotopic (exact) mass is 484 g/mol. The molecule has 0 aliphatic rings. The second-order valence-corrected chi connectivity index (χ2v) is 8.51. The normalized spacial score (nSPS) is 11.4. The summed E-state index contributed by atoms with van der Waals surface area (Å²) in [5, 5.41) is 5.39. The molecule has 1 heterocycles. The number of aromatic nitrogens is 1. The number of carbonyl (C=O) groups excluding carboxylic acids is 2. The Balaban J connectivity index is 1.71. The highest BCUT2D eigenvalue weighted by Gasteiger charge is 2.30. The zero-order chi connectivity index (χ0) is 25.6. The topological polar surface area (TPSA) is 74.3 Å². The molecule has 2 amide bonds. The molecule has 0 aliphatic heterocycles. The summed E-state index contributed by atoms with van der Waals surface area (Å²) in [6, 6.07) is 10.8. The van der Waals surface area contributed by atoms with E-state index in [0.29, 0.717) is 22.5 Å². The number of benzene rings is 2. The lowest BCUT2D eigenvalue weighted by molar-refractivity contribution is -0.137. The van der Waals surface area contributed by atoms with Gasteiger partial charge in [-0.3, -0.25) is 14.6 Å². The highest BCUT2D eigenvalue weighted by Crippen LogP contribution is 2.29. The number of hydrogen-bond acceptors (Lipinski definition) is 4. The zero-order valence-electron chi connectivity index (χ0n) is 19.7. The van der Waals surface area contributed by atoms with Gasteiger partial charge in [0.25, 0.3) is 11.8 Å². The van der Waals surface area contributed by atoms with Gasteiger partial charge in [0.2, 0.25) is 0 Å². The molecule has 0 radical (unpaired) electrons. The molecule has 0 spiro atoms. The van der Waals surface area contributed by atoms with Crippen LogP contribution in [-0.4, -0.2) is 42.3 Å². The van der Waals surface area contributed by atoms with Crippen LogP contribution in [0.1, 0.15) is 43.8 Å². The number of anilines is 2. The molecule has 6 nitrogen and oxygen atoms in total. The van der Waals surface area contributed by atoms with Crippen LogP contribution in [-0.2, 0) is 12.6 Å². The molecule has 0 saturated carbocycles. The second-order valence-electron chi connectivity index (χ2n) is 8.51. The molecule has 0 saturated heterocycles. The highest BCUT2D eigenvalue weighted by molar-refractivity contribution is 6.08. The molecule has 9 heteroatoms. The van der Waals surface area contributed by atoms with Gasteiger partial charge in [-0.15, -0.1) is 0 Å². The number of nitrogens with one attached hydrogen (secondary N) is 2. The van der Waals surface area contributed by atoms with Crippen molar-refractivity contribution in [2.45, 2.75) is 25.9 Å². The Morgan fingerprint density at radius 1 is 0.943 bits per heavy atom. The van der Waals surface area contributed by atoms with E-state index in [9.17, 15) is 22.8 Å². The standard InChI is InChI=1S/C26H27F3N4O2/c1-17-9-10-21(31-24(34)19-7-4-8-20(13-19)26(27,28)29)14-23(17)25(35)32-22-12-18(15-30-16-22)6-5-11-33(2)3/h4,7-10,12-16H,5-6,11H2,1-3H3,(H,31,34)(H,32,35).